The lowest BCUT2D eigenvalue weighted by Gasteiger charge is -2.35. The van der Waals surface area contributed by atoms with Crippen molar-refractivity contribution in [1.29, 1.82) is 0 Å². The Labute approximate surface area is 151 Å². The molecule has 1 aromatic carbocycles. The molecule has 1 saturated heterocycles. The van der Waals surface area contributed by atoms with Gasteiger partial charge in [0.1, 0.15) is 6.33 Å². The normalized spacial score (nSPS) is 14.7. The van der Waals surface area contributed by atoms with Crippen LogP contribution in [0.2, 0.25) is 0 Å². The van der Waals surface area contributed by atoms with Gasteiger partial charge >= 0.3 is 6.09 Å². The average molecular weight is 352 g/mol. The van der Waals surface area contributed by atoms with Crippen LogP contribution < -0.4 is 4.90 Å². The van der Waals surface area contributed by atoms with E-state index in [1.807, 2.05) is 43.3 Å². The molecule has 0 saturated carbocycles. The molecule has 3 aromatic rings. The first-order valence-electron chi connectivity index (χ1n) is 8.69. The molecule has 134 valence electrons. The quantitative estimate of drug-likeness (QED) is 0.718. The number of ether oxygens (including phenoxy) is 1. The van der Waals surface area contributed by atoms with E-state index in [4.69, 9.17) is 4.74 Å². The molecule has 1 aliphatic rings. The van der Waals surface area contributed by atoms with Gasteiger partial charge in [-0.05, 0) is 13.0 Å². The second kappa shape index (κ2) is 6.99. The fourth-order valence-electron chi connectivity index (χ4n) is 3.14. The zero-order valence-corrected chi connectivity index (χ0v) is 14.6. The Hall–Kier alpha value is -3.16. The Morgan fingerprint density at radius 1 is 1.15 bits per heavy atom. The highest BCUT2D eigenvalue weighted by atomic mass is 16.6. The van der Waals surface area contributed by atoms with Crippen molar-refractivity contribution in [3.8, 4) is 11.3 Å². The number of piperazine rings is 1. The summed E-state index contributed by atoms with van der Waals surface area (Å²) in [5.41, 5.74) is 3.59. The number of aromatic nitrogens is 4. The van der Waals surface area contributed by atoms with Gasteiger partial charge in [0, 0.05) is 31.7 Å². The molecule has 4 rings (SSSR count). The third-order valence-electron chi connectivity index (χ3n) is 4.46. The monoisotopic (exact) mass is 352 g/mol. The smallest absolute Gasteiger partial charge is 0.409 e. The molecular weight excluding hydrogens is 332 g/mol. The highest BCUT2D eigenvalue weighted by Crippen LogP contribution is 2.26. The summed E-state index contributed by atoms with van der Waals surface area (Å²) in [6, 6.07) is 12.1. The molecule has 0 atom stereocenters. The summed E-state index contributed by atoms with van der Waals surface area (Å²) in [6.07, 6.45) is 1.36. The fourth-order valence-corrected chi connectivity index (χ4v) is 3.14. The fraction of sp³-hybridized carbons (Fsp3) is 0.333. The van der Waals surface area contributed by atoms with Gasteiger partial charge in [-0.1, -0.05) is 30.3 Å². The van der Waals surface area contributed by atoms with Gasteiger partial charge in [0.2, 0.25) is 5.65 Å². The van der Waals surface area contributed by atoms with Gasteiger partial charge in [0.15, 0.2) is 0 Å². The summed E-state index contributed by atoms with van der Waals surface area (Å²) < 4.78 is 6.79. The number of carbonyl (C=O) groups is 1. The van der Waals surface area contributed by atoms with Gasteiger partial charge in [-0.2, -0.15) is 9.61 Å². The van der Waals surface area contributed by atoms with Crippen molar-refractivity contribution in [3.05, 3.63) is 42.7 Å². The minimum Gasteiger partial charge on any atom is -0.450 e. The minimum atomic E-state index is -0.250. The number of nitrogens with zero attached hydrogens (tertiary/aromatic N) is 6. The van der Waals surface area contributed by atoms with Crippen molar-refractivity contribution in [1.82, 2.24) is 24.7 Å². The van der Waals surface area contributed by atoms with Gasteiger partial charge < -0.3 is 14.5 Å². The second-order valence-corrected chi connectivity index (χ2v) is 6.05. The van der Waals surface area contributed by atoms with E-state index in [-0.39, 0.29) is 6.09 Å². The van der Waals surface area contributed by atoms with Gasteiger partial charge in [0.25, 0.3) is 0 Å². The van der Waals surface area contributed by atoms with Crippen LogP contribution >= 0.6 is 0 Å². The van der Waals surface area contributed by atoms with Crippen molar-refractivity contribution in [2.45, 2.75) is 6.92 Å². The van der Waals surface area contributed by atoms with Crippen LogP contribution in [0.15, 0.2) is 42.7 Å². The highest BCUT2D eigenvalue weighted by molar-refractivity contribution is 5.75. The molecule has 1 amide bonds. The largest absolute Gasteiger partial charge is 0.450 e. The van der Waals surface area contributed by atoms with Crippen LogP contribution in [0.1, 0.15) is 6.92 Å². The second-order valence-electron chi connectivity index (χ2n) is 6.05. The zero-order valence-electron chi connectivity index (χ0n) is 14.6. The molecule has 0 aliphatic carbocycles. The van der Waals surface area contributed by atoms with Crippen molar-refractivity contribution in [2.75, 3.05) is 37.7 Å². The Morgan fingerprint density at radius 2 is 1.92 bits per heavy atom. The predicted molar refractivity (Wildman–Crippen MR) is 97.0 cm³/mol. The van der Waals surface area contributed by atoms with E-state index in [9.17, 15) is 4.79 Å². The van der Waals surface area contributed by atoms with E-state index >= 15 is 0 Å². The summed E-state index contributed by atoms with van der Waals surface area (Å²) >= 11 is 0. The Bertz CT molecular complexity index is 902. The molecule has 1 fully saturated rings. The molecular formula is C18H20N6O2. The third kappa shape index (κ3) is 3.05. The van der Waals surface area contributed by atoms with Crippen LogP contribution in [0.5, 0.6) is 0 Å². The highest BCUT2D eigenvalue weighted by Gasteiger charge is 2.24. The zero-order chi connectivity index (χ0) is 17.9. The molecule has 0 spiro atoms. The van der Waals surface area contributed by atoms with Crippen LogP contribution in [0.25, 0.3) is 16.9 Å². The molecule has 3 heterocycles. The van der Waals surface area contributed by atoms with Crippen LogP contribution in [0.3, 0.4) is 0 Å². The molecule has 26 heavy (non-hydrogen) atoms. The number of fused-ring (bicyclic) bond motifs is 1. The SMILES string of the molecule is CCOC(=O)N1CCN(c2cc(-c3ccccc3)nn3cnnc23)CC1. The maximum absolute atomic E-state index is 11.9. The van der Waals surface area contributed by atoms with Crippen molar-refractivity contribution in [3.63, 3.8) is 0 Å². The van der Waals surface area contributed by atoms with Crippen molar-refractivity contribution < 1.29 is 9.53 Å². The standard InChI is InChI=1S/C18H20N6O2/c1-2-26-18(25)23-10-8-22(9-11-23)16-12-15(14-6-4-3-5-7-14)21-24-13-19-20-17(16)24/h3-7,12-13H,2,8-11H2,1H3. The first-order valence-corrected chi connectivity index (χ1v) is 8.69. The van der Waals surface area contributed by atoms with Gasteiger partial charge in [0.05, 0.1) is 18.0 Å². The molecule has 0 bridgehead atoms. The maximum Gasteiger partial charge on any atom is 0.409 e. The lowest BCUT2D eigenvalue weighted by Crippen LogP contribution is -2.49. The van der Waals surface area contributed by atoms with Gasteiger partial charge in [-0.25, -0.2) is 4.79 Å². The number of carbonyl (C=O) groups excluding carboxylic acids is 1. The lowest BCUT2D eigenvalue weighted by atomic mass is 10.1. The predicted octanol–water partition coefficient (Wildman–Crippen LogP) is 2.07. The molecule has 2 aromatic heterocycles. The Balaban J connectivity index is 1.62. The minimum absolute atomic E-state index is 0.250. The van der Waals surface area contributed by atoms with E-state index in [0.29, 0.717) is 38.4 Å². The summed E-state index contributed by atoms with van der Waals surface area (Å²) in [5, 5.41) is 12.8. The molecule has 0 radical (unpaired) electrons. The lowest BCUT2D eigenvalue weighted by molar-refractivity contribution is 0.105. The summed E-state index contributed by atoms with van der Waals surface area (Å²) in [4.78, 5) is 15.9. The first-order chi connectivity index (χ1) is 12.8. The molecule has 8 nitrogen and oxygen atoms in total. The first kappa shape index (κ1) is 16.3. The number of hydrogen-bond acceptors (Lipinski definition) is 6. The van der Waals surface area contributed by atoms with Crippen molar-refractivity contribution >= 4 is 17.4 Å². The van der Waals surface area contributed by atoms with E-state index < -0.39 is 0 Å². The maximum atomic E-state index is 11.9. The average Bonchev–Trinajstić information content (AvgIpc) is 3.17. The van der Waals surface area contributed by atoms with Crippen LogP contribution in [0.4, 0.5) is 10.5 Å². The van der Waals surface area contributed by atoms with E-state index in [1.54, 1.807) is 15.7 Å². The number of rotatable bonds is 3. The number of anilines is 1. The van der Waals surface area contributed by atoms with E-state index in [0.717, 1.165) is 16.9 Å². The van der Waals surface area contributed by atoms with E-state index in [2.05, 4.69) is 20.2 Å². The van der Waals surface area contributed by atoms with Gasteiger partial charge in [-0.3, -0.25) is 0 Å². The Kier molecular flexibility index (Phi) is 4.39. The van der Waals surface area contributed by atoms with Crippen LogP contribution in [0, 0.1) is 0 Å². The van der Waals surface area contributed by atoms with Crippen molar-refractivity contribution in [2.24, 2.45) is 0 Å². The van der Waals surface area contributed by atoms with Crippen LogP contribution in [-0.4, -0.2) is 63.6 Å². The number of hydrogen-bond donors (Lipinski definition) is 0. The molecule has 0 unspecified atom stereocenters. The van der Waals surface area contributed by atoms with Crippen LogP contribution in [-0.2, 0) is 4.74 Å². The molecule has 0 N–H and O–H groups in total. The number of benzene rings is 1. The number of amides is 1. The topological polar surface area (TPSA) is 75.9 Å². The summed E-state index contributed by atoms with van der Waals surface area (Å²) in [5.74, 6) is 0. The molecule has 1 aliphatic heterocycles. The summed E-state index contributed by atoms with van der Waals surface area (Å²) in [7, 11) is 0. The van der Waals surface area contributed by atoms with Gasteiger partial charge in [-0.15, -0.1) is 10.2 Å². The molecule has 8 heteroatoms. The van der Waals surface area contributed by atoms with E-state index in [1.165, 1.54) is 0 Å². The summed E-state index contributed by atoms with van der Waals surface area (Å²) in [6.45, 7) is 4.85. The Morgan fingerprint density at radius 3 is 2.65 bits per heavy atom. The third-order valence-corrected chi connectivity index (χ3v) is 4.46.